The number of thiocarbonyl (C=S) groups is 1. The van der Waals surface area contributed by atoms with Crippen LogP contribution in [0, 0.1) is 0 Å². The van der Waals surface area contributed by atoms with Crippen molar-refractivity contribution in [2.24, 2.45) is 5.73 Å². The van der Waals surface area contributed by atoms with Gasteiger partial charge in [0.2, 0.25) is 5.91 Å². The van der Waals surface area contributed by atoms with Crippen LogP contribution in [-0.2, 0) is 4.79 Å². The normalized spacial score (nSPS) is 15.3. The molecule has 0 spiro atoms. The fourth-order valence-corrected chi connectivity index (χ4v) is 3.13. The first-order valence-electron chi connectivity index (χ1n) is 7.12. The maximum Gasteiger partial charge on any atom is 0.238 e. The minimum absolute atomic E-state index is 0.0273. The molecule has 0 radical (unpaired) electrons. The summed E-state index contributed by atoms with van der Waals surface area (Å²) in [5.41, 5.74) is 6.45. The molecule has 0 aromatic heterocycles. The van der Waals surface area contributed by atoms with Crippen molar-refractivity contribution >= 4 is 44.7 Å². The maximum atomic E-state index is 12.2. The van der Waals surface area contributed by atoms with Crippen molar-refractivity contribution in [3.05, 3.63) is 28.7 Å². The summed E-state index contributed by atoms with van der Waals surface area (Å²) in [6.45, 7) is 0.839. The molecular weight excluding hydrogens is 350 g/mol. The lowest BCUT2D eigenvalue weighted by Crippen LogP contribution is -2.43. The van der Waals surface area contributed by atoms with Crippen LogP contribution < -0.4 is 11.1 Å². The van der Waals surface area contributed by atoms with Crippen LogP contribution in [0.3, 0.4) is 0 Å². The van der Waals surface area contributed by atoms with Crippen LogP contribution in [0.5, 0.6) is 0 Å². The van der Waals surface area contributed by atoms with Crippen molar-refractivity contribution < 1.29 is 4.79 Å². The fourth-order valence-electron chi connectivity index (χ4n) is 2.70. The number of nitrogens with two attached hydrogens (primary N) is 1. The fraction of sp³-hybridized carbons (Fsp3) is 0.467. The molecule has 21 heavy (non-hydrogen) atoms. The zero-order chi connectivity index (χ0) is 15.2. The number of hydrogen-bond donors (Lipinski definition) is 2. The van der Waals surface area contributed by atoms with Crippen LogP contribution in [0.15, 0.2) is 28.7 Å². The van der Waals surface area contributed by atoms with Gasteiger partial charge in [-0.25, -0.2) is 0 Å². The average Bonchev–Trinajstić information content (AvgIpc) is 2.94. The van der Waals surface area contributed by atoms with Crippen molar-refractivity contribution in [3.63, 3.8) is 0 Å². The third-order valence-electron chi connectivity index (χ3n) is 3.67. The van der Waals surface area contributed by atoms with Gasteiger partial charge in [0.1, 0.15) is 0 Å². The molecule has 2 rings (SSSR count). The van der Waals surface area contributed by atoms with Gasteiger partial charge in [0, 0.05) is 22.7 Å². The van der Waals surface area contributed by atoms with Crippen LogP contribution in [0.25, 0.3) is 0 Å². The number of carbonyl (C=O) groups is 1. The smallest absolute Gasteiger partial charge is 0.238 e. The van der Waals surface area contributed by atoms with Crippen molar-refractivity contribution in [1.29, 1.82) is 0 Å². The second-order valence-electron chi connectivity index (χ2n) is 5.36. The van der Waals surface area contributed by atoms with Gasteiger partial charge in [-0.2, -0.15) is 0 Å². The minimum atomic E-state index is -0.0273. The van der Waals surface area contributed by atoms with Gasteiger partial charge < -0.3 is 11.1 Å². The average molecular weight is 370 g/mol. The summed E-state index contributed by atoms with van der Waals surface area (Å²) in [4.78, 5) is 14.7. The Hall–Kier alpha value is -0.980. The number of hydrogen-bond acceptors (Lipinski definition) is 3. The van der Waals surface area contributed by atoms with Crippen LogP contribution in [0.2, 0.25) is 0 Å². The molecule has 0 bridgehead atoms. The molecule has 0 aliphatic heterocycles. The molecule has 0 saturated heterocycles. The zero-order valence-corrected chi connectivity index (χ0v) is 14.3. The Bertz CT molecular complexity index is 500. The third kappa shape index (κ3) is 5.37. The van der Waals surface area contributed by atoms with Gasteiger partial charge in [0.15, 0.2) is 0 Å². The van der Waals surface area contributed by atoms with Gasteiger partial charge >= 0.3 is 0 Å². The van der Waals surface area contributed by atoms with E-state index in [-0.39, 0.29) is 5.91 Å². The number of nitrogens with zero attached hydrogens (tertiary/aromatic N) is 1. The molecule has 1 saturated carbocycles. The van der Waals surface area contributed by atoms with Gasteiger partial charge in [0.25, 0.3) is 0 Å². The summed E-state index contributed by atoms with van der Waals surface area (Å²) in [7, 11) is 0. The number of carbonyl (C=O) groups excluding carboxylic acids is 1. The monoisotopic (exact) mass is 369 g/mol. The highest BCUT2D eigenvalue weighted by Crippen LogP contribution is 2.23. The van der Waals surface area contributed by atoms with Crippen molar-refractivity contribution in [2.75, 3.05) is 18.4 Å². The van der Waals surface area contributed by atoms with E-state index in [9.17, 15) is 4.79 Å². The van der Waals surface area contributed by atoms with Gasteiger partial charge in [-0.3, -0.25) is 9.69 Å². The quantitative estimate of drug-likeness (QED) is 0.756. The topological polar surface area (TPSA) is 58.4 Å². The van der Waals surface area contributed by atoms with Gasteiger partial charge in [-0.1, -0.05) is 41.0 Å². The van der Waals surface area contributed by atoms with Gasteiger partial charge in [-0.15, -0.1) is 0 Å². The number of rotatable bonds is 6. The molecule has 6 heteroatoms. The Kier molecular flexibility index (Phi) is 6.14. The van der Waals surface area contributed by atoms with Gasteiger partial charge in [-0.05, 0) is 37.1 Å². The van der Waals surface area contributed by atoms with Gasteiger partial charge in [0.05, 0.1) is 11.5 Å². The summed E-state index contributed by atoms with van der Waals surface area (Å²) in [6, 6.07) is 7.96. The number of halogens is 1. The zero-order valence-electron chi connectivity index (χ0n) is 11.8. The SMILES string of the molecule is NC(=S)CN(CC(=O)Nc1ccc(Br)cc1)C1CCCC1. The standard InChI is InChI=1S/C15H20BrN3OS/c16-11-5-7-12(8-6-11)18-15(20)10-19(9-14(17)21)13-3-1-2-4-13/h5-8,13H,1-4,9-10H2,(H2,17,21)(H,18,20). The van der Waals surface area contributed by atoms with Crippen molar-refractivity contribution in [1.82, 2.24) is 4.90 Å². The molecule has 3 N–H and O–H groups in total. The van der Waals surface area contributed by atoms with E-state index in [2.05, 4.69) is 26.1 Å². The van der Waals surface area contributed by atoms with Crippen molar-refractivity contribution in [2.45, 2.75) is 31.7 Å². The molecular formula is C15H20BrN3OS. The van der Waals surface area contributed by atoms with Crippen molar-refractivity contribution in [3.8, 4) is 0 Å². The van der Waals surface area contributed by atoms with E-state index in [1.807, 2.05) is 24.3 Å². The predicted molar refractivity (Wildman–Crippen MR) is 93.4 cm³/mol. The molecule has 1 fully saturated rings. The molecule has 0 unspecified atom stereocenters. The summed E-state index contributed by atoms with van der Waals surface area (Å²) in [5, 5.41) is 2.91. The van der Waals surface area contributed by atoms with Crippen LogP contribution in [-0.4, -0.2) is 34.9 Å². The Morgan fingerprint density at radius 1 is 1.29 bits per heavy atom. The van der Waals surface area contributed by atoms with E-state index >= 15 is 0 Å². The first-order chi connectivity index (χ1) is 10.0. The molecule has 4 nitrogen and oxygen atoms in total. The largest absolute Gasteiger partial charge is 0.392 e. The molecule has 1 amide bonds. The van der Waals surface area contributed by atoms with E-state index < -0.39 is 0 Å². The summed E-state index contributed by atoms with van der Waals surface area (Å²) >= 11 is 8.38. The molecule has 1 aromatic rings. The summed E-state index contributed by atoms with van der Waals surface area (Å²) in [6.07, 6.45) is 4.67. The number of amides is 1. The predicted octanol–water partition coefficient (Wildman–Crippen LogP) is 2.92. The van der Waals surface area contributed by atoms with Crippen LogP contribution >= 0.6 is 28.1 Å². The lowest BCUT2D eigenvalue weighted by Gasteiger charge is -2.27. The Balaban J connectivity index is 1.93. The molecule has 1 aromatic carbocycles. The van der Waals surface area contributed by atoms with E-state index in [0.29, 0.717) is 24.1 Å². The highest BCUT2D eigenvalue weighted by atomic mass is 79.9. The lowest BCUT2D eigenvalue weighted by molar-refractivity contribution is -0.117. The second kappa shape index (κ2) is 7.87. The molecule has 0 atom stereocenters. The molecule has 1 aliphatic rings. The number of anilines is 1. The van der Waals surface area contributed by atoms with E-state index in [1.54, 1.807) is 0 Å². The van der Waals surface area contributed by atoms with E-state index in [0.717, 1.165) is 23.0 Å². The molecule has 114 valence electrons. The Morgan fingerprint density at radius 3 is 2.48 bits per heavy atom. The first-order valence-corrected chi connectivity index (χ1v) is 8.32. The van der Waals surface area contributed by atoms with E-state index in [4.69, 9.17) is 18.0 Å². The minimum Gasteiger partial charge on any atom is -0.392 e. The van der Waals surface area contributed by atoms with Crippen LogP contribution in [0.1, 0.15) is 25.7 Å². The van der Waals surface area contributed by atoms with E-state index in [1.165, 1.54) is 12.8 Å². The highest BCUT2D eigenvalue weighted by Gasteiger charge is 2.24. The maximum absolute atomic E-state index is 12.2. The second-order valence-corrected chi connectivity index (χ2v) is 6.80. The summed E-state index contributed by atoms with van der Waals surface area (Å²) < 4.78 is 0.988. The number of benzene rings is 1. The molecule has 1 aliphatic carbocycles. The highest BCUT2D eigenvalue weighted by molar-refractivity contribution is 9.10. The summed E-state index contributed by atoms with van der Waals surface area (Å²) in [5.74, 6) is -0.0273. The Labute approximate surface area is 139 Å². The Morgan fingerprint density at radius 2 is 1.90 bits per heavy atom. The lowest BCUT2D eigenvalue weighted by atomic mass is 10.2. The molecule has 0 heterocycles. The number of nitrogens with one attached hydrogen (secondary N) is 1. The third-order valence-corrected chi connectivity index (χ3v) is 4.33. The first kappa shape index (κ1) is 16.4. The van der Waals surface area contributed by atoms with Crippen LogP contribution in [0.4, 0.5) is 5.69 Å².